The summed E-state index contributed by atoms with van der Waals surface area (Å²) >= 11 is 0. The van der Waals surface area contributed by atoms with Gasteiger partial charge in [-0.05, 0) is 19.9 Å². The number of carbonyl (C=O) groups is 1. The van der Waals surface area contributed by atoms with Gasteiger partial charge in [-0.1, -0.05) is 0 Å². The highest BCUT2D eigenvalue weighted by Gasteiger charge is 2.13. The van der Waals surface area contributed by atoms with Gasteiger partial charge in [-0.3, -0.25) is 9.59 Å². The number of H-pyrrole nitrogens is 1. The number of hydrogen-bond acceptors (Lipinski definition) is 3. The highest BCUT2D eigenvalue weighted by Crippen LogP contribution is 1.97. The second-order valence-corrected chi connectivity index (χ2v) is 2.78. The van der Waals surface area contributed by atoms with Gasteiger partial charge < -0.3 is 4.90 Å². The number of nitrogens with one attached hydrogen (secondary N) is 1. The van der Waals surface area contributed by atoms with E-state index in [1.165, 1.54) is 12.1 Å². The monoisotopic (exact) mass is 195 g/mol. The topological polar surface area (TPSA) is 66.1 Å². The molecule has 0 fully saturated rings. The van der Waals surface area contributed by atoms with Crippen LogP contribution in [0.1, 0.15) is 24.3 Å². The Morgan fingerprint density at radius 1 is 1.43 bits per heavy atom. The van der Waals surface area contributed by atoms with Crippen LogP contribution in [0.3, 0.4) is 0 Å². The number of amides is 1. The third-order valence-corrected chi connectivity index (χ3v) is 1.95. The van der Waals surface area contributed by atoms with Crippen LogP contribution in [0.4, 0.5) is 0 Å². The van der Waals surface area contributed by atoms with Gasteiger partial charge in [0.2, 0.25) is 0 Å². The van der Waals surface area contributed by atoms with E-state index in [-0.39, 0.29) is 17.2 Å². The molecule has 1 aromatic heterocycles. The molecule has 76 valence electrons. The second kappa shape index (κ2) is 4.55. The Balaban J connectivity index is 2.88. The van der Waals surface area contributed by atoms with E-state index in [1.807, 2.05) is 13.8 Å². The first-order chi connectivity index (χ1) is 6.69. The highest BCUT2D eigenvalue weighted by atomic mass is 16.2. The fraction of sp³-hybridized carbons (Fsp3) is 0.444. The van der Waals surface area contributed by atoms with Crippen molar-refractivity contribution in [1.29, 1.82) is 0 Å². The lowest BCUT2D eigenvalue weighted by Gasteiger charge is -2.17. The first-order valence-electron chi connectivity index (χ1n) is 4.54. The van der Waals surface area contributed by atoms with Crippen LogP contribution in [0.5, 0.6) is 0 Å². The van der Waals surface area contributed by atoms with Gasteiger partial charge in [-0.25, -0.2) is 5.10 Å². The van der Waals surface area contributed by atoms with E-state index in [1.54, 1.807) is 4.90 Å². The maximum atomic E-state index is 11.7. The first-order valence-corrected chi connectivity index (χ1v) is 4.54. The molecule has 0 aliphatic carbocycles. The molecule has 0 aliphatic heterocycles. The molecule has 0 radical (unpaired) electrons. The largest absolute Gasteiger partial charge is 0.338 e. The molecular weight excluding hydrogens is 182 g/mol. The zero-order valence-corrected chi connectivity index (χ0v) is 8.28. The predicted octanol–water partition coefficient (Wildman–Crippen LogP) is 0.252. The summed E-state index contributed by atoms with van der Waals surface area (Å²) in [6.07, 6.45) is 0. The van der Waals surface area contributed by atoms with Gasteiger partial charge in [0, 0.05) is 19.2 Å². The molecule has 14 heavy (non-hydrogen) atoms. The van der Waals surface area contributed by atoms with E-state index < -0.39 is 0 Å². The van der Waals surface area contributed by atoms with E-state index in [9.17, 15) is 9.59 Å². The number of hydrogen-bond donors (Lipinski definition) is 1. The summed E-state index contributed by atoms with van der Waals surface area (Å²) in [5, 5.41) is 5.90. The van der Waals surface area contributed by atoms with E-state index >= 15 is 0 Å². The maximum Gasteiger partial charge on any atom is 0.274 e. The van der Waals surface area contributed by atoms with Gasteiger partial charge in [0.1, 0.15) is 5.69 Å². The summed E-state index contributed by atoms with van der Waals surface area (Å²) in [5.41, 5.74) is -0.0330. The van der Waals surface area contributed by atoms with Crippen LogP contribution in [0.15, 0.2) is 16.9 Å². The third kappa shape index (κ3) is 2.18. The van der Waals surface area contributed by atoms with Crippen LogP contribution in [0.2, 0.25) is 0 Å². The number of nitrogens with zero attached hydrogens (tertiary/aromatic N) is 2. The van der Waals surface area contributed by atoms with E-state index in [0.29, 0.717) is 13.1 Å². The minimum Gasteiger partial charge on any atom is -0.338 e. The fourth-order valence-corrected chi connectivity index (χ4v) is 1.14. The van der Waals surface area contributed by atoms with E-state index in [2.05, 4.69) is 10.2 Å². The van der Waals surface area contributed by atoms with Crippen molar-refractivity contribution in [3.8, 4) is 0 Å². The number of carbonyl (C=O) groups excluding carboxylic acids is 1. The van der Waals surface area contributed by atoms with Crippen LogP contribution in [0, 0.1) is 0 Å². The number of rotatable bonds is 3. The molecule has 0 bridgehead atoms. The molecule has 5 heteroatoms. The zero-order valence-electron chi connectivity index (χ0n) is 8.28. The Kier molecular flexibility index (Phi) is 3.39. The van der Waals surface area contributed by atoms with Gasteiger partial charge in [0.25, 0.3) is 11.5 Å². The van der Waals surface area contributed by atoms with Crippen LogP contribution >= 0.6 is 0 Å². The smallest absolute Gasteiger partial charge is 0.274 e. The Bertz CT molecular complexity index is 348. The number of aromatic nitrogens is 2. The predicted molar refractivity (Wildman–Crippen MR) is 52.1 cm³/mol. The molecular formula is C9H13N3O2. The molecule has 0 saturated carbocycles. The third-order valence-electron chi connectivity index (χ3n) is 1.95. The SMILES string of the molecule is CCN(CC)C(=O)c1ccc(=O)[nH]n1. The quantitative estimate of drug-likeness (QED) is 0.751. The van der Waals surface area contributed by atoms with E-state index in [0.717, 1.165) is 0 Å². The van der Waals surface area contributed by atoms with Crippen molar-refractivity contribution >= 4 is 5.91 Å². The molecule has 1 aromatic rings. The average molecular weight is 195 g/mol. The lowest BCUT2D eigenvalue weighted by Crippen LogP contribution is -2.31. The zero-order chi connectivity index (χ0) is 10.6. The molecule has 1 N–H and O–H groups in total. The van der Waals surface area contributed by atoms with Crippen molar-refractivity contribution < 1.29 is 4.79 Å². The van der Waals surface area contributed by atoms with Crippen molar-refractivity contribution in [3.63, 3.8) is 0 Å². The summed E-state index contributed by atoms with van der Waals surface area (Å²) in [6.45, 7) is 5.06. The van der Waals surface area contributed by atoms with Crippen LogP contribution in [-0.2, 0) is 0 Å². The summed E-state index contributed by atoms with van der Waals surface area (Å²) in [5.74, 6) is -0.161. The highest BCUT2D eigenvalue weighted by molar-refractivity contribution is 5.91. The minimum atomic E-state index is -0.305. The summed E-state index contributed by atoms with van der Waals surface area (Å²) in [4.78, 5) is 24.0. The molecule has 0 spiro atoms. The van der Waals surface area contributed by atoms with Crippen molar-refractivity contribution in [2.45, 2.75) is 13.8 Å². The van der Waals surface area contributed by atoms with Crippen LogP contribution in [-0.4, -0.2) is 34.1 Å². The van der Waals surface area contributed by atoms with Crippen molar-refractivity contribution in [1.82, 2.24) is 15.1 Å². The van der Waals surface area contributed by atoms with Crippen LogP contribution < -0.4 is 5.56 Å². The van der Waals surface area contributed by atoms with Crippen molar-refractivity contribution in [3.05, 3.63) is 28.2 Å². The Morgan fingerprint density at radius 3 is 2.50 bits per heavy atom. The lowest BCUT2D eigenvalue weighted by atomic mass is 10.3. The molecule has 1 amide bonds. The van der Waals surface area contributed by atoms with E-state index in [4.69, 9.17) is 0 Å². The summed E-state index contributed by atoms with van der Waals surface area (Å²) in [6, 6.07) is 2.73. The maximum absolute atomic E-state index is 11.7. The molecule has 0 aromatic carbocycles. The van der Waals surface area contributed by atoms with Crippen LogP contribution in [0.25, 0.3) is 0 Å². The second-order valence-electron chi connectivity index (χ2n) is 2.78. The molecule has 0 unspecified atom stereocenters. The van der Waals surface area contributed by atoms with Gasteiger partial charge in [0.05, 0.1) is 0 Å². The average Bonchev–Trinajstić information content (AvgIpc) is 2.20. The Hall–Kier alpha value is -1.65. The molecule has 1 heterocycles. The van der Waals surface area contributed by atoms with Crippen molar-refractivity contribution in [2.24, 2.45) is 0 Å². The molecule has 0 aliphatic rings. The Morgan fingerprint density at radius 2 is 2.07 bits per heavy atom. The molecule has 1 rings (SSSR count). The molecule has 0 atom stereocenters. The standard InChI is InChI=1S/C9H13N3O2/c1-3-12(4-2)9(14)7-5-6-8(13)11-10-7/h5-6H,3-4H2,1-2H3,(H,11,13). The lowest BCUT2D eigenvalue weighted by molar-refractivity contribution is 0.0766. The minimum absolute atomic E-state index is 0.161. The number of aromatic amines is 1. The fourth-order valence-electron chi connectivity index (χ4n) is 1.14. The van der Waals surface area contributed by atoms with Gasteiger partial charge in [-0.15, -0.1) is 0 Å². The van der Waals surface area contributed by atoms with Crippen molar-refractivity contribution in [2.75, 3.05) is 13.1 Å². The van der Waals surface area contributed by atoms with Gasteiger partial charge in [0.15, 0.2) is 0 Å². The molecule has 0 saturated heterocycles. The normalized spacial score (nSPS) is 9.86. The molecule has 5 nitrogen and oxygen atoms in total. The summed E-state index contributed by atoms with van der Waals surface area (Å²) in [7, 11) is 0. The Labute approximate surface area is 81.7 Å². The first kappa shape index (κ1) is 10.4. The van der Waals surface area contributed by atoms with Gasteiger partial charge in [-0.2, -0.15) is 5.10 Å². The summed E-state index contributed by atoms with van der Waals surface area (Å²) < 4.78 is 0. The van der Waals surface area contributed by atoms with Gasteiger partial charge >= 0.3 is 0 Å².